The molecule has 0 radical (unpaired) electrons. The van der Waals surface area contributed by atoms with Crippen molar-refractivity contribution in [3.8, 4) is 10.4 Å². The number of benzene rings is 1. The van der Waals surface area contributed by atoms with E-state index in [0.717, 1.165) is 15.3 Å². The van der Waals surface area contributed by atoms with E-state index in [2.05, 4.69) is 42.2 Å². The second-order valence-electron chi connectivity index (χ2n) is 9.54. The molecule has 0 unspecified atom stereocenters. The highest BCUT2D eigenvalue weighted by atomic mass is 32.2. The lowest BCUT2D eigenvalue weighted by Gasteiger charge is -2.21. The largest absolute Gasteiger partial charge is 0.447 e. The van der Waals surface area contributed by atoms with Gasteiger partial charge in [0.25, 0.3) is 0 Å². The van der Waals surface area contributed by atoms with Crippen LogP contribution in [0.2, 0.25) is 0 Å². The van der Waals surface area contributed by atoms with Gasteiger partial charge < -0.3 is 10.1 Å². The quantitative estimate of drug-likeness (QED) is 0.510. The zero-order valence-electron chi connectivity index (χ0n) is 18.4. The number of likely N-dealkylation sites (N-methyl/N-ethyl adjacent to an activating group) is 1. The van der Waals surface area contributed by atoms with Gasteiger partial charge in [-0.15, -0.1) is 11.3 Å². The molecule has 30 heavy (non-hydrogen) atoms. The van der Waals surface area contributed by atoms with E-state index in [0.29, 0.717) is 11.2 Å². The van der Waals surface area contributed by atoms with Gasteiger partial charge in [-0.05, 0) is 78.6 Å². The van der Waals surface area contributed by atoms with E-state index in [1.807, 2.05) is 39.2 Å². The molecule has 2 saturated carbocycles. The number of nitrogens with one attached hydrogen (secondary N) is 3. The average molecular weight is 447 g/mol. The second kappa shape index (κ2) is 7.51. The van der Waals surface area contributed by atoms with Crippen LogP contribution in [-0.4, -0.2) is 35.3 Å². The van der Waals surface area contributed by atoms with Gasteiger partial charge in [0, 0.05) is 38.8 Å². The lowest BCUT2D eigenvalue weighted by atomic mass is 10.1. The second-order valence-corrected chi connectivity index (χ2v) is 11.4. The summed E-state index contributed by atoms with van der Waals surface area (Å²) < 4.78 is 8.69. The van der Waals surface area contributed by atoms with E-state index >= 15 is 0 Å². The van der Waals surface area contributed by atoms with Crippen LogP contribution in [-0.2, 0) is 10.2 Å². The summed E-state index contributed by atoms with van der Waals surface area (Å²) in [7, 11) is 2.05. The van der Waals surface area contributed by atoms with Crippen molar-refractivity contribution in [3.63, 3.8) is 0 Å². The Hall–Kier alpha value is -1.61. The molecule has 2 aromatic rings. The number of rotatable bonds is 7. The summed E-state index contributed by atoms with van der Waals surface area (Å²) in [6.45, 7) is 10.1. The fourth-order valence-corrected chi connectivity index (χ4v) is 5.94. The van der Waals surface area contributed by atoms with Gasteiger partial charge in [0.1, 0.15) is 5.01 Å². The first kappa shape index (κ1) is 21.6. The highest BCUT2D eigenvalue weighted by molar-refractivity contribution is 7.97. The van der Waals surface area contributed by atoms with E-state index in [4.69, 9.17) is 9.72 Å². The van der Waals surface area contributed by atoms with Crippen molar-refractivity contribution in [3.05, 3.63) is 29.4 Å². The molecule has 1 aromatic heterocycles. The number of thiazole rings is 1. The van der Waals surface area contributed by atoms with Crippen molar-refractivity contribution in [1.82, 2.24) is 15.0 Å². The van der Waals surface area contributed by atoms with Crippen molar-refractivity contribution < 1.29 is 9.53 Å². The number of ether oxygens (including phenoxy) is 1. The van der Waals surface area contributed by atoms with Gasteiger partial charge in [0.2, 0.25) is 0 Å². The zero-order valence-corrected chi connectivity index (χ0v) is 20.0. The molecule has 2 aliphatic carbocycles. The maximum absolute atomic E-state index is 12.0. The van der Waals surface area contributed by atoms with Crippen LogP contribution in [0.3, 0.4) is 0 Å². The molecule has 0 bridgehead atoms. The number of aromatic nitrogens is 1. The zero-order chi connectivity index (χ0) is 21.7. The maximum Gasteiger partial charge on any atom is 0.411 e. The number of carbonyl (C=O) groups is 1. The van der Waals surface area contributed by atoms with Crippen molar-refractivity contribution in [2.75, 3.05) is 12.4 Å². The Kier molecular flexibility index (Phi) is 5.41. The SMILES string of the molecule is CNC12CC1(c1ncc(-c3ccc(NC(=O)OC(C)C)cc3SNC(C)(C)C)s1)C2. The number of anilines is 1. The number of nitrogens with zero attached hydrogens (tertiary/aromatic N) is 1. The molecule has 3 N–H and O–H groups in total. The fourth-order valence-electron chi connectivity index (χ4n) is 3.74. The van der Waals surface area contributed by atoms with Gasteiger partial charge in [-0.3, -0.25) is 10.0 Å². The highest BCUT2D eigenvalue weighted by Crippen LogP contribution is 2.79. The van der Waals surface area contributed by atoms with E-state index < -0.39 is 6.09 Å². The van der Waals surface area contributed by atoms with Crippen LogP contribution in [0.4, 0.5) is 10.5 Å². The summed E-state index contributed by atoms with van der Waals surface area (Å²) in [4.78, 5) is 19.0. The molecule has 4 rings (SSSR count). The molecule has 2 fully saturated rings. The van der Waals surface area contributed by atoms with Crippen LogP contribution in [0.5, 0.6) is 0 Å². The van der Waals surface area contributed by atoms with E-state index in [-0.39, 0.29) is 17.1 Å². The average Bonchev–Trinajstić information content (AvgIpc) is 3.38. The molecule has 2 aliphatic rings. The monoisotopic (exact) mass is 446 g/mol. The van der Waals surface area contributed by atoms with Crippen LogP contribution in [0.25, 0.3) is 10.4 Å². The topological polar surface area (TPSA) is 75.3 Å². The molecule has 6 nitrogen and oxygen atoms in total. The minimum atomic E-state index is -0.442. The Labute approximate surface area is 186 Å². The predicted octanol–water partition coefficient (Wildman–Crippen LogP) is 5.17. The summed E-state index contributed by atoms with van der Waals surface area (Å²) in [6.07, 6.45) is 3.77. The molecule has 0 aliphatic heterocycles. The first-order valence-corrected chi connectivity index (χ1v) is 11.9. The Balaban J connectivity index is 1.58. The molecule has 1 heterocycles. The van der Waals surface area contributed by atoms with Crippen LogP contribution in [0.15, 0.2) is 29.3 Å². The van der Waals surface area contributed by atoms with Crippen molar-refractivity contribution in [2.45, 2.75) is 75.0 Å². The lowest BCUT2D eigenvalue weighted by Crippen LogP contribution is -2.29. The molecule has 162 valence electrons. The normalized spacial score (nSPS) is 24.5. The summed E-state index contributed by atoms with van der Waals surface area (Å²) in [5.41, 5.74) is 2.36. The smallest absolute Gasteiger partial charge is 0.411 e. The standard InChI is InChI=1S/C22H30N4O2S2/c1-13(2)28-19(27)25-14-7-8-15(16(9-14)30-26-20(3,4)5)17-10-24-18(29-17)21-11-22(21,12-21)23-6/h7-10,13,23,26H,11-12H2,1-6H3,(H,25,27). The Morgan fingerprint density at radius 3 is 2.63 bits per heavy atom. The van der Waals surface area contributed by atoms with Crippen molar-refractivity contribution in [1.29, 1.82) is 0 Å². The highest BCUT2D eigenvalue weighted by Gasteiger charge is 2.84. The molecular formula is C22H30N4O2S2. The third-order valence-electron chi connectivity index (χ3n) is 5.57. The number of hydrogen-bond donors (Lipinski definition) is 3. The van der Waals surface area contributed by atoms with Gasteiger partial charge in [0.15, 0.2) is 0 Å². The van der Waals surface area contributed by atoms with E-state index in [1.54, 1.807) is 23.3 Å². The van der Waals surface area contributed by atoms with E-state index in [9.17, 15) is 4.79 Å². The Bertz CT molecular complexity index is 958. The molecule has 0 saturated heterocycles. The molecule has 0 spiro atoms. The first-order chi connectivity index (χ1) is 14.1. The minimum Gasteiger partial charge on any atom is -0.447 e. The van der Waals surface area contributed by atoms with Gasteiger partial charge >= 0.3 is 6.09 Å². The predicted molar refractivity (Wildman–Crippen MR) is 124 cm³/mol. The summed E-state index contributed by atoms with van der Waals surface area (Å²) >= 11 is 3.36. The van der Waals surface area contributed by atoms with Crippen LogP contribution < -0.4 is 15.4 Å². The van der Waals surface area contributed by atoms with Crippen LogP contribution in [0.1, 0.15) is 52.5 Å². The minimum absolute atomic E-state index is 0.0474. The fraction of sp³-hybridized carbons (Fsp3) is 0.545. The van der Waals surface area contributed by atoms with Gasteiger partial charge in [-0.1, -0.05) is 6.07 Å². The van der Waals surface area contributed by atoms with Crippen molar-refractivity contribution >= 4 is 35.1 Å². The Morgan fingerprint density at radius 1 is 1.30 bits per heavy atom. The summed E-state index contributed by atoms with van der Waals surface area (Å²) in [5, 5.41) is 7.52. The summed E-state index contributed by atoms with van der Waals surface area (Å²) in [5.74, 6) is 0. The summed E-state index contributed by atoms with van der Waals surface area (Å²) in [6, 6.07) is 5.96. The third-order valence-corrected chi connectivity index (χ3v) is 8.08. The number of hydrogen-bond acceptors (Lipinski definition) is 7. The van der Waals surface area contributed by atoms with Crippen LogP contribution >= 0.6 is 23.3 Å². The third kappa shape index (κ3) is 4.10. The number of carbonyl (C=O) groups excluding carboxylic acids is 1. The molecular weight excluding hydrogens is 416 g/mol. The maximum atomic E-state index is 12.0. The molecule has 0 atom stereocenters. The van der Waals surface area contributed by atoms with Crippen molar-refractivity contribution in [2.24, 2.45) is 0 Å². The lowest BCUT2D eigenvalue weighted by molar-refractivity contribution is 0.130. The van der Waals surface area contributed by atoms with Gasteiger partial charge in [-0.2, -0.15) is 0 Å². The molecule has 8 heteroatoms. The number of amides is 1. The number of fused-ring (bicyclic) bond motifs is 1. The molecule has 1 amide bonds. The van der Waals surface area contributed by atoms with Gasteiger partial charge in [-0.25, -0.2) is 9.78 Å². The van der Waals surface area contributed by atoms with Gasteiger partial charge in [0.05, 0.1) is 11.0 Å². The van der Waals surface area contributed by atoms with E-state index in [1.165, 1.54) is 17.8 Å². The molecule has 1 aromatic carbocycles. The first-order valence-electron chi connectivity index (χ1n) is 10.3. The van der Waals surface area contributed by atoms with Crippen LogP contribution in [0, 0.1) is 0 Å². The Morgan fingerprint density at radius 2 is 2.03 bits per heavy atom.